The van der Waals surface area contributed by atoms with Gasteiger partial charge in [-0.15, -0.1) is 0 Å². The molecular weight excluding hydrogens is 322 g/mol. The molecule has 3 aromatic carbocycles. The molecule has 3 rings (SSSR count). The highest BCUT2D eigenvalue weighted by atomic mass is 16.1. The largest absolute Gasteiger partial charge is 0.322 e. The first-order valence-electron chi connectivity index (χ1n) is 8.54. The number of amides is 1. The molecular formula is C23H21NO2. The summed E-state index contributed by atoms with van der Waals surface area (Å²) in [6.07, 6.45) is 0. The Labute approximate surface area is 153 Å². The predicted octanol–water partition coefficient (Wildman–Crippen LogP) is 5.43. The van der Waals surface area contributed by atoms with Crippen LogP contribution in [0, 0.1) is 13.8 Å². The van der Waals surface area contributed by atoms with Gasteiger partial charge in [0.15, 0.2) is 5.78 Å². The monoisotopic (exact) mass is 343 g/mol. The molecule has 1 amide bonds. The molecule has 130 valence electrons. The van der Waals surface area contributed by atoms with Crippen LogP contribution in [0.4, 0.5) is 5.69 Å². The van der Waals surface area contributed by atoms with Crippen molar-refractivity contribution in [3.05, 3.63) is 89.0 Å². The Balaban J connectivity index is 1.92. The van der Waals surface area contributed by atoms with Gasteiger partial charge < -0.3 is 5.32 Å². The Morgan fingerprint density at radius 1 is 0.769 bits per heavy atom. The van der Waals surface area contributed by atoms with Crippen LogP contribution in [0.15, 0.2) is 66.7 Å². The number of hydrogen-bond donors (Lipinski definition) is 1. The summed E-state index contributed by atoms with van der Waals surface area (Å²) in [5.41, 5.74) is 6.10. The molecule has 0 aliphatic rings. The van der Waals surface area contributed by atoms with Crippen LogP contribution in [0.5, 0.6) is 0 Å². The molecule has 0 saturated carbocycles. The molecule has 0 aromatic heterocycles. The topological polar surface area (TPSA) is 46.2 Å². The Kier molecular flexibility index (Phi) is 4.99. The number of carbonyl (C=O) groups is 2. The van der Waals surface area contributed by atoms with Gasteiger partial charge in [0, 0.05) is 16.8 Å². The fraction of sp³-hybridized carbons (Fsp3) is 0.130. The van der Waals surface area contributed by atoms with E-state index in [2.05, 4.69) is 5.32 Å². The first-order chi connectivity index (χ1) is 12.4. The molecule has 3 nitrogen and oxygen atoms in total. The van der Waals surface area contributed by atoms with E-state index in [1.165, 1.54) is 12.5 Å². The van der Waals surface area contributed by atoms with Gasteiger partial charge in [-0.25, -0.2) is 0 Å². The Morgan fingerprint density at radius 3 is 2.00 bits per heavy atom. The number of anilines is 1. The lowest BCUT2D eigenvalue weighted by Crippen LogP contribution is -2.13. The van der Waals surface area contributed by atoms with Crippen LogP contribution in [0.1, 0.15) is 38.8 Å². The van der Waals surface area contributed by atoms with E-state index >= 15 is 0 Å². The second-order valence-corrected chi connectivity index (χ2v) is 6.50. The van der Waals surface area contributed by atoms with Crippen LogP contribution >= 0.6 is 0 Å². The van der Waals surface area contributed by atoms with E-state index < -0.39 is 0 Å². The third kappa shape index (κ3) is 3.89. The number of Topliss-reactive ketones (excluding diaryl/α,β-unsaturated/α-hetero) is 1. The number of nitrogens with one attached hydrogen (secondary N) is 1. The van der Waals surface area contributed by atoms with E-state index in [1.807, 2.05) is 56.3 Å². The second-order valence-electron chi connectivity index (χ2n) is 6.50. The molecule has 0 radical (unpaired) electrons. The van der Waals surface area contributed by atoms with E-state index in [0.29, 0.717) is 16.8 Å². The van der Waals surface area contributed by atoms with Crippen LogP contribution < -0.4 is 5.32 Å². The van der Waals surface area contributed by atoms with E-state index in [1.54, 1.807) is 24.3 Å². The first kappa shape index (κ1) is 17.6. The van der Waals surface area contributed by atoms with Gasteiger partial charge in [0.1, 0.15) is 0 Å². The quantitative estimate of drug-likeness (QED) is 0.642. The zero-order chi connectivity index (χ0) is 18.7. The van der Waals surface area contributed by atoms with Crippen molar-refractivity contribution in [3.63, 3.8) is 0 Å². The number of carbonyl (C=O) groups excluding carboxylic acids is 2. The highest BCUT2D eigenvalue weighted by molar-refractivity contribution is 6.09. The van der Waals surface area contributed by atoms with Gasteiger partial charge in [0.25, 0.3) is 5.91 Å². The number of aryl methyl sites for hydroxylation is 2. The SMILES string of the molecule is CC(=O)c1ccc(NC(=O)c2ccc(C)cc2-c2ccc(C)cc2)cc1. The molecule has 1 N–H and O–H groups in total. The van der Waals surface area contributed by atoms with Crippen molar-refractivity contribution in [1.29, 1.82) is 0 Å². The molecule has 0 saturated heterocycles. The maximum atomic E-state index is 12.8. The molecule has 26 heavy (non-hydrogen) atoms. The van der Waals surface area contributed by atoms with E-state index in [4.69, 9.17) is 0 Å². The lowest BCUT2D eigenvalue weighted by Gasteiger charge is -2.12. The second kappa shape index (κ2) is 7.36. The number of benzene rings is 3. The third-order valence-corrected chi connectivity index (χ3v) is 4.33. The summed E-state index contributed by atoms with van der Waals surface area (Å²) in [5.74, 6) is -0.167. The molecule has 0 atom stereocenters. The van der Waals surface area contributed by atoms with Crippen LogP contribution in [0.2, 0.25) is 0 Å². The predicted molar refractivity (Wildman–Crippen MR) is 106 cm³/mol. The molecule has 0 fully saturated rings. The average molecular weight is 343 g/mol. The maximum Gasteiger partial charge on any atom is 0.256 e. The van der Waals surface area contributed by atoms with Crippen LogP contribution in [-0.2, 0) is 0 Å². The molecule has 0 aliphatic carbocycles. The van der Waals surface area contributed by atoms with Gasteiger partial charge >= 0.3 is 0 Å². The van der Waals surface area contributed by atoms with Crippen LogP contribution in [-0.4, -0.2) is 11.7 Å². The summed E-state index contributed by atoms with van der Waals surface area (Å²) in [7, 11) is 0. The van der Waals surface area contributed by atoms with Crippen LogP contribution in [0.3, 0.4) is 0 Å². The fourth-order valence-corrected chi connectivity index (χ4v) is 2.81. The lowest BCUT2D eigenvalue weighted by atomic mass is 9.96. The number of hydrogen-bond acceptors (Lipinski definition) is 2. The van der Waals surface area contributed by atoms with Crippen molar-refractivity contribution in [1.82, 2.24) is 0 Å². The Bertz CT molecular complexity index is 955. The van der Waals surface area contributed by atoms with Crippen molar-refractivity contribution in [2.75, 3.05) is 5.32 Å². The molecule has 3 aromatic rings. The third-order valence-electron chi connectivity index (χ3n) is 4.33. The van der Waals surface area contributed by atoms with Crippen molar-refractivity contribution in [3.8, 4) is 11.1 Å². The highest BCUT2D eigenvalue weighted by Crippen LogP contribution is 2.26. The highest BCUT2D eigenvalue weighted by Gasteiger charge is 2.13. The smallest absolute Gasteiger partial charge is 0.256 e. The minimum Gasteiger partial charge on any atom is -0.322 e. The van der Waals surface area contributed by atoms with Crippen molar-refractivity contribution in [2.24, 2.45) is 0 Å². The van der Waals surface area contributed by atoms with Gasteiger partial charge in [-0.05, 0) is 62.2 Å². The van der Waals surface area contributed by atoms with E-state index in [9.17, 15) is 9.59 Å². The van der Waals surface area contributed by atoms with Gasteiger partial charge in [0.05, 0.1) is 0 Å². The summed E-state index contributed by atoms with van der Waals surface area (Å²) >= 11 is 0. The van der Waals surface area contributed by atoms with E-state index in [-0.39, 0.29) is 11.7 Å². The normalized spacial score (nSPS) is 10.4. The summed E-state index contributed by atoms with van der Waals surface area (Å²) in [6.45, 7) is 5.58. The Morgan fingerprint density at radius 2 is 1.38 bits per heavy atom. The molecule has 3 heteroatoms. The van der Waals surface area contributed by atoms with Gasteiger partial charge in [-0.2, -0.15) is 0 Å². The van der Waals surface area contributed by atoms with E-state index in [0.717, 1.165) is 16.7 Å². The molecule has 0 spiro atoms. The zero-order valence-corrected chi connectivity index (χ0v) is 15.2. The summed E-state index contributed by atoms with van der Waals surface area (Å²) in [4.78, 5) is 24.2. The van der Waals surface area contributed by atoms with Gasteiger partial charge in [0.2, 0.25) is 0 Å². The summed E-state index contributed by atoms with van der Waals surface area (Å²) < 4.78 is 0. The Hall–Kier alpha value is -3.20. The average Bonchev–Trinajstić information content (AvgIpc) is 2.62. The van der Waals surface area contributed by atoms with Crippen LogP contribution in [0.25, 0.3) is 11.1 Å². The lowest BCUT2D eigenvalue weighted by molar-refractivity contribution is 0.101. The fourth-order valence-electron chi connectivity index (χ4n) is 2.81. The molecule has 0 aliphatic heterocycles. The number of rotatable bonds is 4. The van der Waals surface area contributed by atoms with Gasteiger partial charge in [-0.3, -0.25) is 9.59 Å². The molecule has 0 heterocycles. The van der Waals surface area contributed by atoms with Crippen molar-refractivity contribution >= 4 is 17.4 Å². The molecule has 0 bridgehead atoms. The zero-order valence-electron chi connectivity index (χ0n) is 15.2. The minimum absolute atomic E-state index is 0.00284. The maximum absolute atomic E-state index is 12.8. The first-order valence-corrected chi connectivity index (χ1v) is 8.54. The summed E-state index contributed by atoms with van der Waals surface area (Å²) in [6, 6.07) is 20.9. The summed E-state index contributed by atoms with van der Waals surface area (Å²) in [5, 5.41) is 2.92. The number of ketones is 1. The standard InChI is InChI=1S/C23H21NO2/c1-15-4-7-19(8-5-15)22-14-16(2)6-13-21(22)23(26)24-20-11-9-18(10-12-20)17(3)25/h4-14H,1-3H3,(H,24,26). The molecule has 0 unspecified atom stereocenters. The van der Waals surface area contributed by atoms with Crippen molar-refractivity contribution < 1.29 is 9.59 Å². The van der Waals surface area contributed by atoms with Crippen molar-refractivity contribution in [2.45, 2.75) is 20.8 Å². The minimum atomic E-state index is -0.170. The van der Waals surface area contributed by atoms with Gasteiger partial charge in [-0.1, -0.05) is 47.5 Å².